The first-order valence-corrected chi connectivity index (χ1v) is 5.07. The molecule has 0 aliphatic carbocycles. The lowest BCUT2D eigenvalue weighted by Crippen LogP contribution is -1.85. The molecule has 1 heterocycles. The van der Waals surface area contributed by atoms with Crippen molar-refractivity contribution >= 4 is 27.5 Å². The van der Waals surface area contributed by atoms with E-state index in [4.69, 9.17) is 0 Å². The van der Waals surface area contributed by atoms with Gasteiger partial charge in [0.25, 0.3) is 0 Å². The maximum atomic E-state index is 3.40. The molecule has 0 atom stereocenters. The van der Waals surface area contributed by atoms with Crippen LogP contribution in [-0.4, -0.2) is 12.0 Å². The van der Waals surface area contributed by atoms with E-state index >= 15 is 0 Å². The summed E-state index contributed by atoms with van der Waals surface area (Å²) in [5.41, 5.74) is 3.53. The van der Waals surface area contributed by atoms with E-state index in [0.29, 0.717) is 0 Å². The number of benzene rings is 2. The Morgan fingerprint density at radius 3 is 2.60 bits per heavy atom. The number of nitrogens with one attached hydrogen (secondary N) is 2. The summed E-state index contributed by atoms with van der Waals surface area (Å²) >= 11 is 0. The summed E-state index contributed by atoms with van der Waals surface area (Å²) in [6.45, 7) is 0. The molecule has 0 unspecified atom stereocenters. The molecule has 1 aromatic heterocycles. The van der Waals surface area contributed by atoms with Crippen molar-refractivity contribution < 1.29 is 0 Å². The van der Waals surface area contributed by atoms with Gasteiger partial charge in [-0.2, -0.15) is 0 Å². The summed E-state index contributed by atoms with van der Waals surface area (Å²) < 4.78 is 0. The Morgan fingerprint density at radius 2 is 1.73 bits per heavy atom. The summed E-state index contributed by atoms with van der Waals surface area (Å²) in [5.74, 6) is 0. The highest BCUT2D eigenvalue weighted by molar-refractivity contribution is 6.08. The lowest BCUT2D eigenvalue weighted by molar-refractivity contribution is 1.51. The van der Waals surface area contributed by atoms with Gasteiger partial charge in [-0.25, -0.2) is 0 Å². The number of anilines is 1. The Bertz CT molecular complexity index is 623. The van der Waals surface area contributed by atoms with E-state index in [1.807, 2.05) is 7.05 Å². The number of hydrogen-bond acceptors (Lipinski definition) is 1. The molecular weight excluding hydrogens is 184 g/mol. The molecule has 0 aliphatic rings. The summed E-state index contributed by atoms with van der Waals surface area (Å²) in [5, 5.41) is 5.72. The van der Waals surface area contributed by atoms with Crippen LogP contribution >= 0.6 is 0 Å². The summed E-state index contributed by atoms with van der Waals surface area (Å²) in [6, 6.07) is 14.7. The van der Waals surface area contributed by atoms with Crippen molar-refractivity contribution in [1.29, 1.82) is 0 Å². The Morgan fingerprint density at radius 1 is 0.933 bits per heavy atom. The van der Waals surface area contributed by atoms with Gasteiger partial charge in [0.2, 0.25) is 0 Å². The third-order valence-electron chi connectivity index (χ3n) is 2.79. The van der Waals surface area contributed by atoms with Gasteiger partial charge in [-0.15, -0.1) is 0 Å². The number of aromatic nitrogens is 1. The minimum atomic E-state index is 1.15. The third-order valence-corrected chi connectivity index (χ3v) is 2.79. The van der Waals surface area contributed by atoms with E-state index < -0.39 is 0 Å². The highest BCUT2D eigenvalue weighted by Crippen LogP contribution is 2.27. The molecule has 0 amide bonds. The van der Waals surface area contributed by atoms with Gasteiger partial charge < -0.3 is 10.3 Å². The first kappa shape index (κ1) is 8.36. The molecule has 2 N–H and O–H groups in total. The van der Waals surface area contributed by atoms with Gasteiger partial charge in [0.15, 0.2) is 0 Å². The van der Waals surface area contributed by atoms with Crippen LogP contribution in [-0.2, 0) is 0 Å². The topological polar surface area (TPSA) is 27.8 Å². The Labute approximate surface area is 87.9 Å². The van der Waals surface area contributed by atoms with Crippen molar-refractivity contribution in [3.05, 3.63) is 42.5 Å². The predicted molar refractivity (Wildman–Crippen MR) is 65.4 cm³/mol. The van der Waals surface area contributed by atoms with Crippen LogP contribution in [0.25, 0.3) is 21.8 Å². The van der Waals surface area contributed by atoms with E-state index in [-0.39, 0.29) is 0 Å². The minimum Gasteiger partial charge on any atom is -0.388 e. The fourth-order valence-electron chi connectivity index (χ4n) is 2.00. The van der Waals surface area contributed by atoms with Gasteiger partial charge in [-0.1, -0.05) is 18.2 Å². The van der Waals surface area contributed by atoms with E-state index in [0.717, 1.165) is 5.69 Å². The molecule has 0 saturated heterocycles. The summed E-state index contributed by atoms with van der Waals surface area (Å²) in [7, 11) is 1.94. The Hall–Kier alpha value is -1.96. The van der Waals surface area contributed by atoms with Crippen LogP contribution in [0.1, 0.15) is 0 Å². The molecule has 3 aromatic rings. The standard InChI is InChI=1S/C13H12N2/c1-14-9-6-7-13-11(8-9)10-4-2-3-5-12(10)15-13/h2-8,14-15H,1H3. The zero-order valence-electron chi connectivity index (χ0n) is 8.54. The quantitative estimate of drug-likeness (QED) is 0.613. The van der Waals surface area contributed by atoms with Crippen LogP contribution in [0.2, 0.25) is 0 Å². The maximum absolute atomic E-state index is 3.40. The number of fused-ring (bicyclic) bond motifs is 3. The molecule has 2 nitrogen and oxygen atoms in total. The molecular formula is C13H12N2. The van der Waals surface area contributed by atoms with Crippen molar-refractivity contribution in [3.63, 3.8) is 0 Å². The largest absolute Gasteiger partial charge is 0.388 e. The highest BCUT2D eigenvalue weighted by Gasteiger charge is 2.03. The van der Waals surface area contributed by atoms with Crippen molar-refractivity contribution in [1.82, 2.24) is 4.98 Å². The van der Waals surface area contributed by atoms with Gasteiger partial charge in [0, 0.05) is 34.5 Å². The molecule has 15 heavy (non-hydrogen) atoms. The first-order chi connectivity index (χ1) is 7.38. The van der Waals surface area contributed by atoms with Crippen LogP contribution < -0.4 is 5.32 Å². The molecule has 0 radical (unpaired) electrons. The van der Waals surface area contributed by atoms with Crippen molar-refractivity contribution in [2.75, 3.05) is 12.4 Å². The van der Waals surface area contributed by atoms with E-state index in [9.17, 15) is 0 Å². The zero-order chi connectivity index (χ0) is 10.3. The van der Waals surface area contributed by atoms with E-state index in [1.165, 1.54) is 21.8 Å². The smallest absolute Gasteiger partial charge is 0.0466 e. The molecule has 0 aliphatic heterocycles. The van der Waals surface area contributed by atoms with Gasteiger partial charge in [0.1, 0.15) is 0 Å². The average Bonchev–Trinajstić information content (AvgIpc) is 2.66. The van der Waals surface area contributed by atoms with Crippen molar-refractivity contribution in [2.24, 2.45) is 0 Å². The van der Waals surface area contributed by atoms with Crippen LogP contribution in [0.5, 0.6) is 0 Å². The second kappa shape index (κ2) is 3.02. The van der Waals surface area contributed by atoms with Gasteiger partial charge >= 0.3 is 0 Å². The van der Waals surface area contributed by atoms with Crippen LogP contribution in [0.4, 0.5) is 5.69 Å². The fourth-order valence-corrected chi connectivity index (χ4v) is 2.00. The van der Waals surface area contributed by atoms with Crippen LogP contribution in [0.15, 0.2) is 42.5 Å². The highest BCUT2D eigenvalue weighted by atomic mass is 14.8. The van der Waals surface area contributed by atoms with Crippen molar-refractivity contribution in [2.45, 2.75) is 0 Å². The summed E-state index contributed by atoms with van der Waals surface area (Å²) in [4.78, 5) is 3.40. The van der Waals surface area contributed by atoms with E-state index in [1.54, 1.807) is 0 Å². The Kier molecular flexibility index (Phi) is 1.68. The molecule has 74 valence electrons. The average molecular weight is 196 g/mol. The number of aromatic amines is 1. The van der Waals surface area contributed by atoms with Gasteiger partial charge in [0.05, 0.1) is 0 Å². The van der Waals surface area contributed by atoms with Crippen molar-refractivity contribution in [3.8, 4) is 0 Å². The molecule has 0 fully saturated rings. The number of para-hydroxylation sites is 1. The second-order valence-electron chi connectivity index (χ2n) is 3.68. The minimum absolute atomic E-state index is 1.15. The van der Waals surface area contributed by atoms with E-state index in [2.05, 4.69) is 52.8 Å². The Balaban J connectivity index is 2.46. The zero-order valence-corrected chi connectivity index (χ0v) is 8.54. The normalized spacial score (nSPS) is 11.0. The molecule has 0 spiro atoms. The number of hydrogen-bond donors (Lipinski definition) is 2. The lowest BCUT2D eigenvalue weighted by Gasteiger charge is -1.98. The molecule has 2 heteroatoms. The summed E-state index contributed by atoms with van der Waals surface area (Å²) in [6.07, 6.45) is 0. The number of H-pyrrole nitrogens is 1. The fraction of sp³-hybridized carbons (Fsp3) is 0.0769. The SMILES string of the molecule is CNc1ccc2[nH]c3ccccc3c2c1. The van der Waals surface area contributed by atoms with Crippen LogP contribution in [0.3, 0.4) is 0 Å². The second-order valence-corrected chi connectivity index (χ2v) is 3.68. The van der Waals surface area contributed by atoms with Crippen LogP contribution in [0, 0.1) is 0 Å². The molecule has 0 bridgehead atoms. The predicted octanol–water partition coefficient (Wildman–Crippen LogP) is 3.36. The van der Waals surface area contributed by atoms with Gasteiger partial charge in [-0.05, 0) is 24.3 Å². The maximum Gasteiger partial charge on any atom is 0.0466 e. The number of rotatable bonds is 1. The monoisotopic (exact) mass is 196 g/mol. The molecule has 3 rings (SSSR count). The third kappa shape index (κ3) is 1.18. The van der Waals surface area contributed by atoms with Gasteiger partial charge in [-0.3, -0.25) is 0 Å². The lowest BCUT2D eigenvalue weighted by atomic mass is 10.1. The molecule has 2 aromatic carbocycles. The molecule has 0 saturated carbocycles. The first-order valence-electron chi connectivity index (χ1n) is 5.07.